The van der Waals surface area contributed by atoms with Crippen molar-refractivity contribution in [2.24, 2.45) is 11.8 Å². The Hall–Kier alpha value is -1.11. The Labute approximate surface area is 79.8 Å². The molecule has 1 heteroatoms. The zero-order valence-electron chi connectivity index (χ0n) is 8.34. The van der Waals surface area contributed by atoms with Crippen LogP contribution in [0.25, 0.3) is 0 Å². The fourth-order valence-corrected chi connectivity index (χ4v) is 1.78. The van der Waals surface area contributed by atoms with Gasteiger partial charge in [-0.1, -0.05) is 24.3 Å². The van der Waals surface area contributed by atoms with Crippen molar-refractivity contribution in [1.29, 1.82) is 0 Å². The van der Waals surface area contributed by atoms with Crippen LogP contribution in [-0.4, -0.2) is 5.78 Å². The molecule has 13 heavy (non-hydrogen) atoms. The van der Waals surface area contributed by atoms with Gasteiger partial charge in [0.15, 0.2) is 5.78 Å². The average molecular weight is 176 g/mol. The lowest BCUT2D eigenvalue weighted by molar-refractivity contribution is -0.119. The highest BCUT2D eigenvalue weighted by atomic mass is 16.1. The topological polar surface area (TPSA) is 17.1 Å². The molecule has 0 fully saturated rings. The number of carbonyl (C=O) groups is 1. The number of hydrogen-bond donors (Lipinski definition) is 0. The molecule has 0 saturated carbocycles. The summed E-state index contributed by atoms with van der Waals surface area (Å²) in [7, 11) is 0. The predicted octanol–water partition coefficient (Wildman–Crippen LogP) is 2.90. The van der Waals surface area contributed by atoms with E-state index in [4.69, 9.17) is 0 Å². The Bertz CT molecular complexity index is 283. The zero-order valence-corrected chi connectivity index (χ0v) is 8.34. The van der Waals surface area contributed by atoms with Gasteiger partial charge in [-0.25, -0.2) is 0 Å². The molecule has 1 aliphatic carbocycles. The van der Waals surface area contributed by atoms with Crippen molar-refractivity contribution in [2.75, 3.05) is 0 Å². The molecule has 0 saturated heterocycles. The van der Waals surface area contributed by atoms with Gasteiger partial charge in [0, 0.05) is 5.92 Å². The van der Waals surface area contributed by atoms with Gasteiger partial charge in [-0.05, 0) is 31.8 Å². The van der Waals surface area contributed by atoms with Crippen LogP contribution in [0.15, 0.2) is 36.5 Å². The molecule has 0 heterocycles. The van der Waals surface area contributed by atoms with Crippen molar-refractivity contribution < 1.29 is 4.79 Å². The van der Waals surface area contributed by atoms with E-state index in [1.165, 1.54) is 0 Å². The molecule has 0 aliphatic heterocycles. The molecule has 0 aromatic heterocycles. The Kier molecular flexibility index (Phi) is 2.86. The summed E-state index contributed by atoms with van der Waals surface area (Å²) in [6, 6.07) is 0. The van der Waals surface area contributed by atoms with Crippen LogP contribution in [0, 0.1) is 11.8 Å². The molecule has 1 aliphatic rings. The maximum absolute atomic E-state index is 11.7. The average Bonchev–Trinajstić information content (AvgIpc) is 2.09. The first-order valence-corrected chi connectivity index (χ1v) is 4.57. The summed E-state index contributed by atoms with van der Waals surface area (Å²) in [5, 5.41) is 0. The Morgan fingerprint density at radius 3 is 2.77 bits per heavy atom. The van der Waals surface area contributed by atoms with E-state index in [0.29, 0.717) is 0 Å². The van der Waals surface area contributed by atoms with E-state index < -0.39 is 0 Å². The van der Waals surface area contributed by atoms with Gasteiger partial charge in [-0.3, -0.25) is 4.79 Å². The van der Waals surface area contributed by atoms with E-state index in [0.717, 1.165) is 17.6 Å². The standard InChI is InChI=1S/C12H16O/c1-5-10-11(8(2)3)7-6-9(4)12(10)13/h5-6,10-11H,1-2,7H2,3-4H3/t10-,11-/m0/s1. The molecule has 70 valence electrons. The van der Waals surface area contributed by atoms with Gasteiger partial charge in [0.05, 0.1) is 0 Å². The van der Waals surface area contributed by atoms with Gasteiger partial charge in [-0.2, -0.15) is 0 Å². The van der Waals surface area contributed by atoms with Crippen molar-refractivity contribution in [2.45, 2.75) is 20.3 Å². The third-order valence-electron chi connectivity index (χ3n) is 2.69. The second-order valence-corrected chi connectivity index (χ2v) is 3.70. The molecule has 0 aromatic rings. The van der Waals surface area contributed by atoms with Gasteiger partial charge in [0.1, 0.15) is 0 Å². The molecule has 0 spiro atoms. The van der Waals surface area contributed by atoms with Crippen molar-refractivity contribution in [1.82, 2.24) is 0 Å². The second-order valence-electron chi connectivity index (χ2n) is 3.70. The first-order valence-electron chi connectivity index (χ1n) is 4.57. The molecular weight excluding hydrogens is 160 g/mol. The van der Waals surface area contributed by atoms with E-state index in [1.807, 2.05) is 19.9 Å². The summed E-state index contributed by atoms with van der Waals surface area (Å²) in [6.45, 7) is 11.5. The molecular formula is C12H16O. The van der Waals surface area contributed by atoms with Crippen LogP contribution in [0.4, 0.5) is 0 Å². The summed E-state index contributed by atoms with van der Waals surface area (Å²) in [5.74, 6) is 0.408. The Morgan fingerprint density at radius 1 is 1.69 bits per heavy atom. The number of allylic oxidation sites excluding steroid dienone is 4. The van der Waals surface area contributed by atoms with Crippen LogP contribution in [0.1, 0.15) is 20.3 Å². The molecule has 1 rings (SSSR count). The van der Waals surface area contributed by atoms with Crippen molar-refractivity contribution >= 4 is 5.78 Å². The van der Waals surface area contributed by atoms with Crippen molar-refractivity contribution in [3.05, 3.63) is 36.5 Å². The van der Waals surface area contributed by atoms with Gasteiger partial charge in [-0.15, -0.1) is 6.58 Å². The lowest BCUT2D eigenvalue weighted by Gasteiger charge is -2.27. The molecule has 0 amide bonds. The van der Waals surface area contributed by atoms with Gasteiger partial charge in [0.25, 0.3) is 0 Å². The second kappa shape index (κ2) is 3.73. The highest BCUT2D eigenvalue weighted by molar-refractivity contribution is 5.98. The lowest BCUT2D eigenvalue weighted by atomic mass is 9.76. The van der Waals surface area contributed by atoms with E-state index in [9.17, 15) is 4.79 Å². The first-order chi connectivity index (χ1) is 6.07. The monoisotopic (exact) mass is 176 g/mol. The van der Waals surface area contributed by atoms with Gasteiger partial charge < -0.3 is 0 Å². The van der Waals surface area contributed by atoms with Crippen LogP contribution < -0.4 is 0 Å². The third kappa shape index (κ3) is 1.80. The minimum atomic E-state index is -0.0532. The van der Waals surface area contributed by atoms with Crippen molar-refractivity contribution in [3.63, 3.8) is 0 Å². The van der Waals surface area contributed by atoms with Crippen LogP contribution >= 0.6 is 0 Å². The first kappa shape index (κ1) is 9.97. The summed E-state index contributed by atoms with van der Waals surface area (Å²) in [4.78, 5) is 11.7. The summed E-state index contributed by atoms with van der Waals surface area (Å²) in [5.41, 5.74) is 1.93. The molecule has 0 radical (unpaired) electrons. The van der Waals surface area contributed by atoms with E-state index >= 15 is 0 Å². The number of rotatable bonds is 2. The fraction of sp³-hybridized carbons (Fsp3) is 0.417. The lowest BCUT2D eigenvalue weighted by Crippen LogP contribution is -2.26. The SMILES string of the molecule is C=C[C@@H]1C(=O)C(C)=CC[C@H]1C(=C)C. The summed E-state index contributed by atoms with van der Waals surface area (Å²) >= 11 is 0. The van der Waals surface area contributed by atoms with Crippen LogP contribution in [0.5, 0.6) is 0 Å². The normalized spacial score (nSPS) is 28.2. The molecule has 1 nitrogen and oxygen atoms in total. The highest BCUT2D eigenvalue weighted by Gasteiger charge is 2.29. The minimum absolute atomic E-state index is 0.0532. The maximum Gasteiger partial charge on any atom is 0.165 e. The minimum Gasteiger partial charge on any atom is -0.294 e. The molecule has 0 N–H and O–H groups in total. The largest absolute Gasteiger partial charge is 0.294 e. The molecule has 0 unspecified atom stereocenters. The summed E-state index contributed by atoms with van der Waals surface area (Å²) < 4.78 is 0. The number of carbonyl (C=O) groups excluding carboxylic acids is 1. The van der Waals surface area contributed by atoms with E-state index in [-0.39, 0.29) is 17.6 Å². The fourth-order valence-electron chi connectivity index (χ4n) is 1.78. The highest BCUT2D eigenvalue weighted by Crippen LogP contribution is 2.31. The number of Topliss-reactive ketones (excluding diaryl/α,β-unsaturated/α-hetero) is 1. The molecule has 0 aromatic carbocycles. The van der Waals surface area contributed by atoms with Crippen LogP contribution in [0.3, 0.4) is 0 Å². The predicted molar refractivity (Wildman–Crippen MR) is 55.4 cm³/mol. The van der Waals surface area contributed by atoms with Crippen LogP contribution in [-0.2, 0) is 4.79 Å². The molecule has 0 bridgehead atoms. The Balaban J connectivity index is 2.97. The molecule has 2 atom stereocenters. The van der Waals surface area contributed by atoms with Crippen molar-refractivity contribution in [3.8, 4) is 0 Å². The smallest absolute Gasteiger partial charge is 0.165 e. The zero-order chi connectivity index (χ0) is 10.0. The Morgan fingerprint density at radius 2 is 2.31 bits per heavy atom. The van der Waals surface area contributed by atoms with E-state index in [1.54, 1.807) is 6.08 Å². The quantitative estimate of drug-likeness (QED) is 0.591. The number of hydrogen-bond acceptors (Lipinski definition) is 1. The third-order valence-corrected chi connectivity index (χ3v) is 2.69. The maximum atomic E-state index is 11.7. The number of ketones is 1. The summed E-state index contributed by atoms with van der Waals surface area (Å²) in [6.07, 6.45) is 4.67. The van der Waals surface area contributed by atoms with E-state index in [2.05, 4.69) is 13.2 Å². The van der Waals surface area contributed by atoms with Gasteiger partial charge in [0.2, 0.25) is 0 Å². The van der Waals surface area contributed by atoms with Gasteiger partial charge >= 0.3 is 0 Å². The van der Waals surface area contributed by atoms with Crippen LogP contribution in [0.2, 0.25) is 0 Å².